The molecule has 2 unspecified atom stereocenters. The van der Waals surface area contributed by atoms with E-state index in [1.165, 1.54) is 16.7 Å². The first-order valence-corrected chi connectivity index (χ1v) is 7.85. The number of nitrogens with one attached hydrogen (secondary N) is 1. The molecule has 2 heteroatoms. The summed E-state index contributed by atoms with van der Waals surface area (Å²) in [7, 11) is 0. The van der Waals surface area contributed by atoms with Gasteiger partial charge in [-0.05, 0) is 36.1 Å². The maximum absolute atomic E-state index is 6.13. The van der Waals surface area contributed by atoms with Crippen LogP contribution >= 0.6 is 0 Å². The highest BCUT2D eigenvalue weighted by atomic mass is 16.5. The fourth-order valence-corrected chi connectivity index (χ4v) is 3.17. The molecular weight excluding hydrogens is 258 g/mol. The van der Waals surface area contributed by atoms with Gasteiger partial charge in [-0.1, -0.05) is 61.5 Å². The van der Waals surface area contributed by atoms with E-state index in [1.807, 2.05) is 0 Å². The second kappa shape index (κ2) is 6.88. The highest BCUT2D eigenvalue weighted by molar-refractivity contribution is 5.32. The molecular formula is C19H23NO. The molecule has 110 valence electrons. The van der Waals surface area contributed by atoms with Gasteiger partial charge in [-0.25, -0.2) is 0 Å². The zero-order valence-electron chi connectivity index (χ0n) is 12.6. The van der Waals surface area contributed by atoms with Crippen molar-refractivity contribution in [3.05, 3.63) is 71.3 Å². The molecule has 0 spiro atoms. The van der Waals surface area contributed by atoms with E-state index >= 15 is 0 Å². The van der Waals surface area contributed by atoms with E-state index in [-0.39, 0.29) is 6.10 Å². The van der Waals surface area contributed by atoms with Crippen molar-refractivity contribution in [2.24, 2.45) is 0 Å². The maximum atomic E-state index is 6.13. The second-order valence-electron chi connectivity index (χ2n) is 5.59. The Morgan fingerprint density at radius 1 is 1.10 bits per heavy atom. The zero-order valence-corrected chi connectivity index (χ0v) is 12.6. The smallest absolute Gasteiger partial charge is 0.0983 e. The van der Waals surface area contributed by atoms with Crippen molar-refractivity contribution in [1.82, 2.24) is 5.32 Å². The van der Waals surface area contributed by atoms with Crippen LogP contribution in [-0.2, 0) is 17.6 Å². The molecule has 0 radical (unpaired) electrons. The average molecular weight is 281 g/mol. The summed E-state index contributed by atoms with van der Waals surface area (Å²) >= 11 is 0. The Bertz CT molecular complexity index is 567. The predicted octanol–water partition coefficient (Wildman–Crippen LogP) is 3.52. The third-order valence-corrected chi connectivity index (χ3v) is 4.16. The van der Waals surface area contributed by atoms with Crippen molar-refractivity contribution in [3.63, 3.8) is 0 Å². The van der Waals surface area contributed by atoms with Gasteiger partial charge in [0.2, 0.25) is 0 Å². The summed E-state index contributed by atoms with van der Waals surface area (Å²) in [6, 6.07) is 19.7. The van der Waals surface area contributed by atoms with Crippen LogP contribution < -0.4 is 5.32 Å². The molecule has 0 saturated heterocycles. The normalized spacial score (nSPS) is 19.0. The molecule has 3 rings (SSSR count). The van der Waals surface area contributed by atoms with Crippen LogP contribution in [0.15, 0.2) is 54.6 Å². The molecule has 2 aromatic carbocycles. The van der Waals surface area contributed by atoms with E-state index in [2.05, 4.69) is 66.8 Å². The van der Waals surface area contributed by atoms with Crippen LogP contribution in [0.4, 0.5) is 0 Å². The highest BCUT2D eigenvalue weighted by Gasteiger charge is 2.28. The minimum atomic E-state index is 0.148. The number of likely N-dealkylation sites (N-methyl/N-ethyl adjacent to an activating group) is 1. The molecule has 2 atom stereocenters. The zero-order chi connectivity index (χ0) is 14.5. The van der Waals surface area contributed by atoms with E-state index in [0.29, 0.717) is 6.04 Å². The molecule has 2 aromatic rings. The predicted molar refractivity (Wildman–Crippen MR) is 86.4 cm³/mol. The van der Waals surface area contributed by atoms with Crippen molar-refractivity contribution in [2.45, 2.75) is 31.9 Å². The van der Waals surface area contributed by atoms with Gasteiger partial charge in [0.15, 0.2) is 0 Å². The first-order chi connectivity index (χ1) is 10.4. The summed E-state index contributed by atoms with van der Waals surface area (Å²) in [6.45, 7) is 3.94. The molecule has 0 bridgehead atoms. The minimum Gasteiger partial charge on any atom is -0.372 e. The van der Waals surface area contributed by atoms with E-state index < -0.39 is 0 Å². The molecule has 2 nitrogen and oxygen atoms in total. The van der Waals surface area contributed by atoms with Crippen molar-refractivity contribution in [1.29, 1.82) is 0 Å². The number of fused-ring (bicyclic) bond motifs is 1. The Labute approximate surface area is 127 Å². The summed E-state index contributed by atoms with van der Waals surface area (Å²) in [5.74, 6) is 0. The Balaban J connectivity index is 1.84. The molecule has 21 heavy (non-hydrogen) atoms. The standard InChI is InChI=1S/C19H23NO/c1-2-20-18(14-15-8-4-3-5-9-15)19-17-11-7-6-10-16(17)12-13-21-19/h3-11,18-20H,2,12-14H2,1H3. The van der Waals surface area contributed by atoms with Gasteiger partial charge < -0.3 is 10.1 Å². The summed E-state index contributed by atoms with van der Waals surface area (Å²) in [4.78, 5) is 0. The lowest BCUT2D eigenvalue weighted by molar-refractivity contribution is 0.0158. The van der Waals surface area contributed by atoms with Crippen molar-refractivity contribution in [3.8, 4) is 0 Å². The van der Waals surface area contributed by atoms with Crippen LogP contribution in [0.2, 0.25) is 0 Å². The molecule has 0 amide bonds. The van der Waals surface area contributed by atoms with Gasteiger partial charge in [0, 0.05) is 6.04 Å². The average Bonchev–Trinajstić information content (AvgIpc) is 2.55. The van der Waals surface area contributed by atoms with Crippen LogP contribution in [0, 0.1) is 0 Å². The van der Waals surface area contributed by atoms with E-state index in [9.17, 15) is 0 Å². The monoisotopic (exact) mass is 281 g/mol. The summed E-state index contributed by atoms with van der Waals surface area (Å²) < 4.78 is 6.13. The summed E-state index contributed by atoms with van der Waals surface area (Å²) in [5.41, 5.74) is 4.14. The van der Waals surface area contributed by atoms with Crippen LogP contribution in [-0.4, -0.2) is 19.2 Å². The number of ether oxygens (including phenoxy) is 1. The minimum absolute atomic E-state index is 0.148. The molecule has 0 fully saturated rings. The highest BCUT2D eigenvalue weighted by Crippen LogP contribution is 2.30. The van der Waals surface area contributed by atoms with Gasteiger partial charge in [0.1, 0.15) is 0 Å². The topological polar surface area (TPSA) is 21.3 Å². The van der Waals surface area contributed by atoms with Gasteiger partial charge in [-0.3, -0.25) is 0 Å². The maximum Gasteiger partial charge on any atom is 0.0983 e. The number of benzene rings is 2. The molecule has 1 heterocycles. The quantitative estimate of drug-likeness (QED) is 0.905. The van der Waals surface area contributed by atoms with Crippen molar-refractivity contribution >= 4 is 0 Å². The fraction of sp³-hybridized carbons (Fsp3) is 0.368. The summed E-state index contributed by atoms with van der Waals surface area (Å²) in [6.07, 6.45) is 2.17. The third-order valence-electron chi connectivity index (χ3n) is 4.16. The lowest BCUT2D eigenvalue weighted by atomic mass is 9.90. The molecule has 1 N–H and O–H groups in total. The Hall–Kier alpha value is -1.64. The van der Waals surface area contributed by atoms with E-state index in [1.54, 1.807) is 0 Å². The first kappa shape index (κ1) is 14.3. The molecule has 0 aromatic heterocycles. The fourth-order valence-electron chi connectivity index (χ4n) is 3.17. The Morgan fingerprint density at radius 2 is 1.86 bits per heavy atom. The molecule has 0 saturated carbocycles. The molecule has 1 aliphatic heterocycles. The van der Waals surface area contributed by atoms with Crippen molar-refractivity contribution in [2.75, 3.05) is 13.2 Å². The molecule has 0 aliphatic carbocycles. The molecule has 1 aliphatic rings. The van der Waals surface area contributed by atoms with Crippen LogP contribution in [0.1, 0.15) is 29.7 Å². The third kappa shape index (κ3) is 3.34. The number of hydrogen-bond acceptors (Lipinski definition) is 2. The lowest BCUT2D eigenvalue weighted by Crippen LogP contribution is -2.40. The number of rotatable bonds is 5. The first-order valence-electron chi connectivity index (χ1n) is 7.85. The van der Waals surface area contributed by atoms with Crippen LogP contribution in [0.5, 0.6) is 0 Å². The van der Waals surface area contributed by atoms with Crippen molar-refractivity contribution < 1.29 is 4.74 Å². The van der Waals surface area contributed by atoms with E-state index in [0.717, 1.165) is 26.0 Å². The van der Waals surface area contributed by atoms with Crippen LogP contribution in [0.25, 0.3) is 0 Å². The largest absolute Gasteiger partial charge is 0.372 e. The van der Waals surface area contributed by atoms with Gasteiger partial charge in [-0.15, -0.1) is 0 Å². The Kier molecular flexibility index (Phi) is 4.69. The number of hydrogen-bond donors (Lipinski definition) is 1. The Morgan fingerprint density at radius 3 is 2.67 bits per heavy atom. The van der Waals surface area contributed by atoms with Gasteiger partial charge in [0.25, 0.3) is 0 Å². The lowest BCUT2D eigenvalue weighted by Gasteiger charge is -2.33. The van der Waals surface area contributed by atoms with Gasteiger partial charge >= 0.3 is 0 Å². The SMILES string of the molecule is CCNC(Cc1ccccc1)C1OCCc2ccccc21. The van der Waals surface area contributed by atoms with Gasteiger partial charge in [-0.2, -0.15) is 0 Å². The van der Waals surface area contributed by atoms with Gasteiger partial charge in [0.05, 0.1) is 12.7 Å². The van der Waals surface area contributed by atoms with E-state index in [4.69, 9.17) is 4.74 Å². The summed E-state index contributed by atoms with van der Waals surface area (Å²) in [5, 5.41) is 3.62. The second-order valence-corrected chi connectivity index (χ2v) is 5.59. The van der Waals surface area contributed by atoms with Crippen LogP contribution in [0.3, 0.4) is 0 Å².